The van der Waals surface area contributed by atoms with Gasteiger partial charge in [-0.05, 0) is 38.2 Å². The third kappa shape index (κ3) is 6.44. The summed E-state index contributed by atoms with van der Waals surface area (Å²) in [5.41, 5.74) is 2.38. The summed E-state index contributed by atoms with van der Waals surface area (Å²) in [4.78, 5) is 12.1. The highest BCUT2D eigenvalue weighted by atomic mass is 32.2. The number of sulfonamides is 1. The topological polar surface area (TPSA) is 66.5 Å². The Morgan fingerprint density at radius 2 is 1.84 bits per heavy atom. The second-order valence-electron chi connectivity index (χ2n) is 6.90. The van der Waals surface area contributed by atoms with Crippen molar-refractivity contribution in [2.75, 3.05) is 18.8 Å². The second kappa shape index (κ2) is 9.34. The van der Waals surface area contributed by atoms with E-state index in [2.05, 4.69) is 29.6 Å². The molecule has 0 spiro atoms. The maximum absolute atomic E-state index is 12.2. The molecular formula is C19H30N2O3S. The normalized spacial score (nSPS) is 16.7. The molecule has 1 aliphatic rings. The molecule has 1 saturated heterocycles. The van der Waals surface area contributed by atoms with Crippen molar-refractivity contribution >= 4 is 15.9 Å². The van der Waals surface area contributed by atoms with Gasteiger partial charge >= 0.3 is 0 Å². The number of aryl methyl sites for hydroxylation is 2. The first-order chi connectivity index (χ1) is 11.9. The number of carbonyl (C=O) groups is 1. The Bertz CT molecular complexity index is 648. The van der Waals surface area contributed by atoms with E-state index in [1.165, 1.54) is 5.56 Å². The first-order valence-electron chi connectivity index (χ1n) is 9.23. The Morgan fingerprint density at radius 1 is 1.20 bits per heavy atom. The van der Waals surface area contributed by atoms with Gasteiger partial charge in [0.1, 0.15) is 0 Å². The minimum absolute atomic E-state index is 0.0489. The molecule has 5 nitrogen and oxygen atoms in total. The Morgan fingerprint density at radius 3 is 2.44 bits per heavy atom. The molecule has 0 atom stereocenters. The molecule has 0 aliphatic carbocycles. The lowest BCUT2D eigenvalue weighted by atomic mass is 10.1. The molecule has 1 aliphatic heterocycles. The predicted octanol–water partition coefficient (Wildman–Crippen LogP) is 2.64. The Hall–Kier alpha value is -1.40. The molecule has 1 aromatic rings. The lowest BCUT2D eigenvalue weighted by Crippen LogP contribution is -2.47. The van der Waals surface area contributed by atoms with Gasteiger partial charge in [-0.3, -0.25) is 4.79 Å². The van der Waals surface area contributed by atoms with Gasteiger partial charge in [-0.2, -0.15) is 0 Å². The van der Waals surface area contributed by atoms with Crippen LogP contribution in [0.25, 0.3) is 0 Å². The van der Waals surface area contributed by atoms with Crippen LogP contribution in [-0.4, -0.2) is 43.5 Å². The lowest BCUT2D eigenvalue weighted by molar-refractivity contribution is -0.122. The van der Waals surface area contributed by atoms with E-state index in [1.54, 1.807) is 4.31 Å². The molecule has 2 rings (SSSR count). The number of unbranched alkanes of at least 4 members (excludes halogenated alkanes) is 1. The van der Waals surface area contributed by atoms with Crippen molar-refractivity contribution in [1.82, 2.24) is 9.62 Å². The second-order valence-corrected chi connectivity index (χ2v) is 8.98. The Kier molecular flexibility index (Phi) is 7.44. The van der Waals surface area contributed by atoms with Crippen molar-refractivity contribution in [3.05, 3.63) is 35.4 Å². The minimum Gasteiger partial charge on any atom is -0.353 e. The maximum Gasteiger partial charge on any atom is 0.220 e. The number of amides is 1. The minimum atomic E-state index is -3.13. The van der Waals surface area contributed by atoms with Gasteiger partial charge in [0.15, 0.2) is 0 Å². The van der Waals surface area contributed by atoms with E-state index in [-0.39, 0.29) is 17.7 Å². The van der Waals surface area contributed by atoms with E-state index in [1.807, 2.05) is 13.8 Å². The highest BCUT2D eigenvalue weighted by molar-refractivity contribution is 7.89. The monoisotopic (exact) mass is 366 g/mol. The van der Waals surface area contributed by atoms with Crippen LogP contribution in [0, 0.1) is 6.92 Å². The van der Waals surface area contributed by atoms with Crippen LogP contribution in [0.5, 0.6) is 0 Å². The number of carbonyl (C=O) groups excluding carboxylic acids is 1. The number of hydrogen-bond acceptors (Lipinski definition) is 3. The fourth-order valence-corrected chi connectivity index (χ4v) is 4.73. The summed E-state index contributed by atoms with van der Waals surface area (Å²) in [6.07, 6.45) is 4.18. The molecule has 1 amide bonds. The largest absolute Gasteiger partial charge is 0.353 e. The maximum atomic E-state index is 12.2. The van der Waals surface area contributed by atoms with Gasteiger partial charge in [0.2, 0.25) is 15.9 Å². The van der Waals surface area contributed by atoms with E-state index >= 15 is 0 Å². The van der Waals surface area contributed by atoms with Gasteiger partial charge in [-0.25, -0.2) is 12.7 Å². The van der Waals surface area contributed by atoms with Crippen LogP contribution in [0.15, 0.2) is 24.3 Å². The van der Waals surface area contributed by atoms with Gasteiger partial charge in [0, 0.05) is 25.6 Å². The number of hydrogen-bond donors (Lipinski definition) is 1. The molecule has 0 radical (unpaired) electrons. The SMILES string of the molecule is CCCCS(=O)(=O)N1CCC(NC(=O)CCc2ccc(C)cc2)CC1. The van der Waals surface area contributed by atoms with Gasteiger partial charge in [-0.15, -0.1) is 0 Å². The van der Waals surface area contributed by atoms with Crippen molar-refractivity contribution in [1.29, 1.82) is 0 Å². The van der Waals surface area contributed by atoms with Crippen molar-refractivity contribution in [3.63, 3.8) is 0 Å². The van der Waals surface area contributed by atoms with Gasteiger partial charge in [0.05, 0.1) is 5.75 Å². The first-order valence-corrected chi connectivity index (χ1v) is 10.8. The van der Waals surface area contributed by atoms with E-state index in [4.69, 9.17) is 0 Å². The molecule has 0 unspecified atom stereocenters. The van der Waals surface area contributed by atoms with Crippen LogP contribution in [0.2, 0.25) is 0 Å². The molecule has 0 aromatic heterocycles. The standard InChI is InChI=1S/C19H30N2O3S/c1-3-4-15-25(23,24)21-13-11-18(12-14-21)20-19(22)10-9-17-7-5-16(2)6-8-17/h5-8,18H,3-4,9-15H2,1-2H3,(H,20,22). The molecule has 1 N–H and O–H groups in total. The molecule has 1 fully saturated rings. The van der Waals surface area contributed by atoms with Crippen molar-refractivity contribution < 1.29 is 13.2 Å². The summed E-state index contributed by atoms with van der Waals surface area (Å²) in [7, 11) is -3.13. The molecule has 140 valence electrons. The van der Waals surface area contributed by atoms with E-state index < -0.39 is 10.0 Å². The van der Waals surface area contributed by atoms with Gasteiger partial charge < -0.3 is 5.32 Å². The van der Waals surface area contributed by atoms with Gasteiger partial charge in [0.25, 0.3) is 0 Å². The fourth-order valence-electron chi connectivity index (χ4n) is 3.05. The van der Waals surface area contributed by atoms with Crippen LogP contribution in [0.1, 0.15) is 50.2 Å². The van der Waals surface area contributed by atoms with E-state index in [9.17, 15) is 13.2 Å². The van der Waals surface area contributed by atoms with Crippen LogP contribution >= 0.6 is 0 Å². The molecule has 0 saturated carbocycles. The predicted molar refractivity (Wildman–Crippen MR) is 101 cm³/mol. The number of rotatable bonds is 8. The third-order valence-corrected chi connectivity index (χ3v) is 6.69. The lowest BCUT2D eigenvalue weighted by Gasteiger charge is -2.31. The third-order valence-electron chi connectivity index (χ3n) is 4.73. The number of piperidine rings is 1. The van der Waals surface area contributed by atoms with Crippen LogP contribution in [0.4, 0.5) is 0 Å². The smallest absolute Gasteiger partial charge is 0.220 e. The summed E-state index contributed by atoms with van der Waals surface area (Å²) >= 11 is 0. The fraction of sp³-hybridized carbons (Fsp3) is 0.632. The van der Waals surface area contributed by atoms with Crippen LogP contribution < -0.4 is 5.32 Å². The first kappa shape index (κ1) is 19.9. The summed E-state index contributed by atoms with van der Waals surface area (Å²) in [6, 6.07) is 8.32. The van der Waals surface area contributed by atoms with Crippen molar-refractivity contribution in [2.24, 2.45) is 0 Å². The van der Waals surface area contributed by atoms with Crippen LogP contribution in [0.3, 0.4) is 0 Å². The van der Waals surface area contributed by atoms with Crippen molar-refractivity contribution in [3.8, 4) is 0 Å². The number of benzene rings is 1. The van der Waals surface area contributed by atoms with E-state index in [0.717, 1.165) is 18.4 Å². The summed E-state index contributed by atoms with van der Waals surface area (Å²) in [5, 5.41) is 3.06. The average Bonchev–Trinajstić information content (AvgIpc) is 2.60. The molecule has 0 bridgehead atoms. The quantitative estimate of drug-likeness (QED) is 0.769. The number of nitrogens with zero attached hydrogens (tertiary/aromatic N) is 1. The van der Waals surface area contributed by atoms with E-state index in [0.29, 0.717) is 38.8 Å². The highest BCUT2D eigenvalue weighted by Gasteiger charge is 2.27. The molecule has 6 heteroatoms. The van der Waals surface area contributed by atoms with Crippen molar-refractivity contribution in [2.45, 2.75) is 58.4 Å². The highest BCUT2D eigenvalue weighted by Crippen LogP contribution is 2.16. The Balaban J connectivity index is 1.72. The van der Waals surface area contributed by atoms with Gasteiger partial charge in [-0.1, -0.05) is 43.2 Å². The zero-order valence-electron chi connectivity index (χ0n) is 15.3. The average molecular weight is 367 g/mol. The summed E-state index contributed by atoms with van der Waals surface area (Å²) in [5.74, 6) is 0.282. The summed E-state index contributed by atoms with van der Waals surface area (Å²) in [6.45, 7) is 5.06. The molecule has 25 heavy (non-hydrogen) atoms. The molecular weight excluding hydrogens is 336 g/mol. The molecule has 1 aromatic carbocycles. The molecule has 1 heterocycles. The summed E-state index contributed by atoms with van der Waals surface area (Å²) < 4.78 is 26.0. The number of nitrogens with one attached hydrogen (secondary N) is 1. The zero-order valence-corrected chi connectivity index (χ0v) is 16.1. The Labute approximate surface area is 151 Å². The van der Waals surface area contributed by atoms with Crippen LogP contribution in [-0.2, 0) is 21.2 Å². The zero-order chi connectivity index (χ0) is 18.3.